The predicted molar refractivity (Wildman–Crippen MR) is 126 cm³/mol. The number of pyridine rings is 1. The third-order valence-electron chi connectivity index (χ3n) is 5.83. The van der Waals surface area contributed by atoms with Crippen molar-refractivity contribution in [1.82, 2.24) is 20.5 Å². The summed E-state index contributed by atoms with van der Waals surface area (Å²) in [5, 5.41) is 13.2. The Morgan fingerprint density at radius 1 is 0.879 bits per heavy atom. The van der Waals surface area contributed by atoms with E-state index in [1.165, 1.54) is 6.07 Å². The number of anilines is 2. The summed E-state index contributed by atoms with van der Waals surface area (Å²) in [5.74, 6) is 0.249. The van der Waals surface area contributed by atoms with E-state index in [0.29, 0.717) is 44.1 Å². The number of para-hydroxylation sites is 1. The third-order valence-corrected chi connectivity index (χ3v) is 5.83. The highest BCUT2D eigenvalue weighted by atomic mass is 19.1. The Balaban J connectivity index is 1.35. The van der Waals surface area contributed by atoms with Gasteiger partial charge in [-0.2, -0.15) is 0 Å². The Bertz CT molecular complexity index is 1270. The molecule has 0 bridgehead atoms. The fourth-order valence-electron chi connectivity index (χ4n) is 4.13. The zero-order valence-electron chi connectivity index (χ0n) is 18.0. The van der Waals surface area contributed by atoms with Gasteiger partial charge in [-0.25, -0.2) is 4.39 Å². The molecule has 2 aromatic carbocycles. The van der Waals surface area contributed by atoms with Gasteiger partial charge >= 0.3 is 0 Å². The van der Waals surface area contributed by atoms with Gasteiger partial charge in [0.2, 0.25) is 0 Å². The van der Waals surface area contributed by atoms with E-state index >= 15 is 0 Å². The highest BCUT2D eigenvalue weighted by Gasteiger charge is 2.23. The Hall–Kier alpha value is -4.07. The lowest BCUT2D eigenvalue weighted by Gasteiger charge is -2.37. The van der Waals surface area contributed by atoms with Crippen molar-refractivity contribution in [3.63, 3.8) is 0 Å². The van der Waals surface area contributed by atoms with Crippen molar-refractivity contribution in [2.45, 2.75) is 6.54 Å². The molecule has 1 aliphatic heterocycles. The smallest absolute Gasteiger partial charge is 0.272 e. The number of halogens is 1. The molecule has 0 spiro atoms. The van der Waals surface area contributed by atoms with E-state index in [-0.39, 0.29) is 11.7 Å². The van der Waals surface area contributed by atoms with Gasteiger partial charge in [-0.3, -0.25) is 9.78 Å². The molecular formula is C25H23FN6O. The van der Waals surface area contributed by atoms with Crippen molar-refractivity contribution in [2.24, 2.45) is 0 Å². The van der Waals surface area contributed by atoms with Crippen molar-refractivity contribution in [3.8, 4) is 0 Å². The number of piperazine rings is 1. The van der Waals surface area contributed by atoms with E-state index in [9.17, 15) is 9.18 Å². The quantitative estimate of drug-likeness (QED) is 0.511. The van der Waals surface area contributed by atoms with Gasteiger partial charge in [0.1, 0.15) is 5.82 Å². The summed E-state index contributed by atoms with van der Waals surface area (Å²) in [5.41, 5.74) is 1.82. The molecule has 166 valence electrons. The second-order valence-corrected chi connectivity index (χ2v) is 7.89. The SMILES string of the molecule is O=C(NCc1cccnc1)c1nnc(N2CCN(c3ccccc3F)CC2)c2ccccc12. The first-order valence-corrected chi connectivity index (χ1v) is 10.9. The van der Waals surface area contributed by atoms with Gasteiger partial charge in [0.05, 0.1) is 5.69 Å². The Labute approximate surface area is 190 Å². The van der Waals surface area contributed by atoms with Crippen LogP contribution in [0.2, 0.25) is 0 Å². The summed E-state index contributed by atoms with van der Waals surface area (Å²) in [6, 6.07) is 18.2. The Morgan fingerprint density at radius 2 is 1.61 bits per heavy atom. The predicted octanol–water partition coefficient (Wildman–Crippen LogP) is 3.42. The number of carbonyl (C=O) groups excluding carboxylic acids is 1. The number of nitrogens with zero attached hydrogens (tertiary/aromatic N) is 5. The van der Waals surface area contributed by atoms with Crippen molar-refractivity contribution in [2.75, 3.05) is 36.0 Å². The van der Waals surface area contributed by atoms with E-state index < -0.39 is 0 Å². The molecule has 0 radical (unpaired) electrons. The average Bonchev–Trinajstić information content (AvgIpc) is 2.88. The topological polar surface area (TPSA) is 74.2 Å². The minimum Gasteiger partial charge on any atom is -0.366 e. The summed E-state index contributed by atoms with van der Waals surface area (Å²) in [6.45, 7) is 3.07. The van der Waals surface area contributed by atoms with Gasteiger partial charge in [0.15, 0.2) is 11.5 Å². The number of fused-ring (bicyclic) bond motifs is 1. The molecule has 1 aliphatic rings. The standard InChI is InChI=1S/C25H23FN6O/c26-21-9-3-4-10-22(21)31-12-14-32(15-13-31)24-20-8-2-1-7-19(20)23(29-30-24)25(33)28-17-18-6-5-11-27-16-18/h1-11,16H,12-15,17H2,(H,28,33). The molecule has 3 heterocycles. The fourth-order valence-corrected chi connectivity index (χ4v) is 4.13. The van der Waals surface area contributed by atoms with Crippen LogP contribution in [0.3, 0.4) is 0 Å². The maximum atomic E-state index is 14.2. The van der Waals surface area contributed by atoms with Crippen LogP contribution in [0.1, 0.15) is 16.1 Å². The summed E-state index contributed by atoms with van der Waals surface area (Å²) in [7, 11) is 0. The summed E-state index contributed by atoms with van der Waals surface area (Å²) in [6.07, 6.45) is 3.41. The van der Waals surface area contributed by atoms with Crippen LogP contribution in [-0.2, 0) is 6.54 Å². The fraction of sp³-hybridized carbons (Fsp3) is 0.200. The molecule has 1 fully saturated rings. The largest absolute Gasteiger partial charge is 0.366 e. The normalized spacial score (nSPS) is 13.8. The first-order valence-electron chi connectivity index (χ1n) is 10.9. The van der Waals surface area contributed by atoms with Gasteiger partial charge in [-0.1, -0.05) is 42.5 Å². The maximum absolute atomic E-state index is 14.2. The monoisotopic (exact) mass is 442 g/mol. The number of benzene rings is 2. The molecule has 1 saturated heterocycles. The molecule has 7 nitrogen and oxygen atoms in total. The number of hydrogen-bond donors (Lipinski definition) is 1. The van der Waals surface area contributed by atoms with E-state index in [4.69, 9.17) is 0 Å². The van der Waals surface area contributed by atoms with Crippen LogP contribution >= 0.6 is 0 Å². The minimum atomic E-state index is -0.279. The van der Waals surface area contributed by atoms with Gasteiger partial charge in [-0.05, 0) is 23.8 Å². The molecule has 1 N–H and O–H groups in total. The number of rotatable bonds is 5. The van der Waals surface area contributed by atoms with Crippen molar-refractivity contribution in [1.29, 1.82) is 0 Å². The number of amides is 1. The van der Waals surface area contributed by atoms with E-state index in [1.54, 1.807) is 24.5 Å². The van der Waals surface area contributed by atoms with Crippen LogP contribution < -0.4 is 15.1 Å². The number of aromatic nitrogens is 3. The third kappa shape index (κ3) is 4.32. The van der Waals surface area contributed by atoms with Crippen LogP contribution in [0.4, 0.5) is 15.9 Å². The molecule has 0 unspecified atom stereocenters. The van der Waals surface area contributed by atoms with E-state index in [2.05, 4.69) is 25.4 Å². The molecule has 4 aromatic rings. The first-order chi connectivity index (χ1) is 16.2. The summed E-state index contributed by atoms with van der Waals surface area (Å²) in [4.78, 5) is 21.1. The molecule has 0 aliphatic carbocycles. The molecule has 1 amide bonds. The van der Waals surface area contributed by atoms with Crippen LogP contribution in [0.15, 0.2) is 73.1 Å². The summed E-state index contributed by atoms with van der Waals surface area (Å²) < 4.78 is 14.2. The number of carbonyl (C=O) groups is 1. The molecule has 2 aromatic heterocycles. The van der Waals surface area contributed by atoms with Gasteiger partial charge in [0, 0.05) is 55.9 Å². The molecule has 8 heteroatoms. The summed E-state index contributed by atoms with van der Waals surface area (Å²) >= 11 is 0. The second kappa shape index (κ2) is 9.20. The van der Waals surface area contributed by atoms with Crippen LogP contribution in [0, 0.1) is 5.82 Å². The maximum Gasteiger partial charge on any atom is 0.272 e. The van der Waals surface area contributed by atoms with E-state index in [1.807, 2.05) is 47.4 Å². The minimum absolute atomic E-state index is 0.210. The molecule has 0 saturated carbocycles. The Morgan fingerprint density at radius 3 is 2.36 bits per heavy atom. The van der Waals surface area contributed by atoms with Crippen LogP contribution in [0.25, 0.3) is 10.8 Å². The Kier molecular flexibility index (Phi) is 5.80. The lowest BCUT2D eigenvalue weighted by Crippen LogP contribution is -2.47. The lowest BCUT2D eigenvalue weighted by molar-refractivity contribution is 0.0947. The van der Waals surface area contributed by atoms with Crippen LogP contribution in [-0.4, -0.2) is 47.3 Å². The zero-order chi connectivity index (χ0) is 22.6. The molecule has 33 heavy (non-hydrogen) atoms. The zero-order valence-corrected chi connectivity index (χ0v) is 18.0. The van der Waals surface area contributed by atoms with Crippen molar-refractivity contribution < 1.29 is 9.18 Å². The van der Waals surface area contributed by atoms with E-state index in [0.717, 1.165) is 22.2 Å². The van der Waals surface area contributed by atoms with Gasteiger partial charge < -0.3 is 15.1 Å². The van der Waals surface area contributed by atoms with Gasteiger partial charge in [-0.15, -0.1) is 10.2 Å². The molecule has 5 rings (SSSR count). The highest BCUT2D eigenvalue weighted by molar-refractivity contribution is 6.07. The van der Waals surface area contributed by atoms with Crippen molar-refractivity contribution in [3.05, 3.63) is 90.1 Å². The van der Waals surface area contributed by atoms with Crippen LogP contribution in [0.5, 0.6) is 0 Å². The van der Waals surface area contributed by atoms with Crippen molar-refractivity contribution >= 4 is 28.2 Å². The lowest BCUT2D eigenvalue weighted by atomic mass is 10.1. The van der Waals surface area contributed by atoms with Gasteiger partial charge in [0.25, 0.3) is 5.91 Å². The second-order valence-electron chi connectivity index (χ2n) is 7.89. The first kappa shape index (κ1) is 20.8. The molecular weight excluding hydrogens is 419 g/mol. The number of nitrogens with one attached hydrogen (secondary N) is 1. The molecule has 0 atom stereocenters. The highest BCUT2D eigenvalue weighted by Crippen LogP contribution is 2.28. The number of hydrogen-bond acceptors (Lipinski definition) is 6. The average molecular weight is 442 g/mol.